The van der Waals surface area contributed by atoms with E-state index in [-0.39, 0.29) is 5.49 Å². The van der Waals surface area contributed by atoms with E-state index in [0.717, 1.165) is 41.3 Å². The molecule has 1 aromatic heterocycles. The van der Waals surface area contributed by atoms with Gasteiger partial charge < -0.3 is 4.74 Å². The van der Waals surface area contributed by atoms with Crippen LogP contribution in [0.25, 0.3) is 6.08 Å². The number of benzene rings is 1. The summed E-state index contributed by atoms with van der Waals surface area (Å²) in [5.41, 5.74) is 2.06. The van der Waals surface area contributed by atoms with Gasteiger partial charge in [-0.25, -0.2) is 4.98 Å². The predicted molar refractivity (Wildman–Crippen MR) is 91.4 cm³/mol. The highest BCUT2D eigenvalue weighted by molar-refractivity contribution is 7.99. The Kier molecular flexibility index (Phi) is 4.62. The molecule has 6 heteroatoms. The lowest BCUT2D eigenvalue weighted by molar-refractivity contribution is 0.414. The summed E-state index contributed by atoms with van der Waals surface area (Å²) in [6.45, 7) is 0. The molecule has 2 aromatic rings. The first kappa shape index (κ1) is 15.6. The van der Waals surface area contributed by atoms with Gasteiger partial charge in [-0.05, 0) is 49.6 Å². The first-order valence-electron chi connectivity index (χ1n) is 7.42. The van der Waals surface area contributed by atoms with Gasteiger partial charge in [0, 0.05) is 4.90 Å². The van der Waals surface area contributed by atoms with E-state index in [9.17, 15) is 0 Å². The number of hydrogen-bond donors (Lipinski definition) is 2. The standard InChI is InChI=1S/C17H18N4OS/c1-22-12-7-9-13(10-8-12)23-17-16(19)21(11-18)15-6-4-2-3-5-14(15)20-17/h3,5,7-11,18-19H,2,4,6H2,1H3. The maximum atomic E-state index is 8.37. The Morgan fingerprint density at radius 3 is 2.78 bits per heavy atom. The molecule has 0 bridgehead atoms. The summed E-state index contributed by atoms with van der Waals surface area (Å²) in [4.78, 5) is 5.64. The fourth-order valence-electron chi connectivity index (χ4n) is 2.52. The zero-order chi connectivity index (χ0) is 16.2. The van der Waals surface area contributed by atoms with Crippen molar-refractivity contribution in [2.75, 3.05) is 7.11 Å². The number of nitrogens with zero attached hydrogens (tertiary/aromatic N) is 2. The third kappa shape index (κ3) is 3.22. The van der Waals surface area contributed by atoms with Gasteiger partial charge in [-0.15, -0.1) is 0 Å². The molecule has 1 aromatic carbocycles. The molecule has 3 rings (SSSR count). The molecule has 0 saturated carbocycles. The lowest BCUT2D eigenvalue weighted by Gasteiger charge is -2.13. The van der Waals surface area contributed by atoms with Gasteiger partial charge in [0.25, 0.3) is 0 Å². The second kappa shape index (κ2) is 6.83. The van der Waals surface area contributed by atoms with E-state index in [1.165, 1.54) is 18.1 Å². The quantitative estimate of drug-likeness (QED) is 0.668. The van der Waals surface area contributed by atoms with E-state index in [0.29, 0.717) is 5.03 Å². The van der Waals surface area contributed by atoms with Crippen LogP contribution < -0.4 is 10.2 Å². The molecule has 23 heavy (non-hydrogen) atoms. The van der Waals surface area contributed by atoms with Gasteiger partial charge in [0.15, 0.2) is 5.49 Å². The molecule has 0 fully saturated rings. The summed E-state index contributed by atoms with van der Waals surface area (Å²) in [5.74, 6) is 0.799. The Morgan fingerprint density at radius 1 is 1.30 bits per heavy atom. The maximum absolute atomic E-state index is 8.37. The van der Waals surface area contributed by atoms with Crippen LogP contribution in [0.3, 0.4) is 0 Å². The molecule has 0 amide bonds. The van der Waals surface area contributed by atoms with Crippen molar-refractivity contribution < 1.29 is 4.74 Å². The number of nitrogens with one attached hydrogen (secondary N) is 2. The van der Waals surface area contributed by atoms with Gasteiger partial charge in [-0.2, -0.15) is 0 Å². The minimum Gasteiger partial charge on any atom is -0.497 e. The predicted octanol–water partition coefficient (Wildman–Crippen LogP) is 3.33. The maximum Gasteiger partial charge on any atom is 0.163 e. The molecule has 2 N–H and O–H groups in total. The van der Waals surface area contributed by atoms with Crippen molar-refractivity contribution in [1.29, 1.82) is 10.8 Å². The molecular weight excluding hydrogens is 308 g/mol. The molecule has 0 spiro atoms. The Bertz CT molecular complexity index is 809. The van der Waals surface area contributed by atoms with Gasteiger partial charge in [-0.1, -0.05) is 17.8 Å². The van der Waals surface area contributed by atoms with Crippen molar-refractivity contribution in [3.05, 3.63) is 47.2 Å². The normalized spacial score (nSPS) is 13.3. The van der Waals surface area contributed by atoms with Crippen molar-refractivity contribution in [3.8, 4) is 5.75 Å². The van der Waals surface area contributed by atoms with Gasteiger partial charge in [0.05, 0.1) is 24.8 Å². The average molecular weight is 326 g/mol. The van der Waals surface area contributed by atoms with Crippen LogP contribution in [0.2, 0.25) is 0 Å². The highest BCUT2D eigenvalue weighted by Gasteiger charge is 2.14. The molecule has 0 atom stereocenters. The zero-order valence-electron chi connectivity index (χ0n) is 12.9. The van der Waals surface area contributed by atoms with Crippen LogP contribution in [-0.4, -0.2) is 23.0 Å². The Labute approximate surface area is 139 Å². The van der Waals surface area contributed by atoms with Crippen LogP contribution >= 0.6 is 11.8 Å². The summed E-state index contributed by atoms with van der Waals surface area (Å²) >= 11 is 1.43. The van der Waals surface area contributed by atoms with Gasteiger partial charge in [0.1, 0.15) is 10.8 Å². The van der Waals surface area contributed by atoms with E-state index in [4.69, 9.17) is 15.6 Å². The van der Waals surface area contributed by atoms with Crippen LogP contribution in [-0.2, 0) is 6.42 Å². The Morgan fingerprint density at radius 2 is 2.09 bits per heavy atom. The molecule has 118 valence electrons. The van der Waals surface area contributed by atoms with Crippen LogP contribution in [0.5, 0.6) is 5.75 Å². The Balaban J connectivity index is 2.03. The van der Waals surface area contributed by atoms with Crippen molar-refractivity contribution in [3.63, 3.8) is 0 Å². The highest BCUT2D eigenvalue weighted by Crippen LogP contribution is 2.27. The number of hydrogen-bond acceptors (Lipinski definition) is 5. The SMILES string of the molecule is COc1ccc(Sc2nc3c(n(C=N)c2=N)CCCC=C3)cc1. The van der Waals surface area contributed by atoms with Crippen LogP contribution in [0.1, 0.15) is 24.2 Å². The molecular formula is C17H18N4OS. The first-order chi connectivity index (χ1) is 11.2. The van der Waals surface area contributed by atoms with E-state index >= 15 is 0 Å². The molecule has 0 unspecified atom stereocenters. The van der Waals surface area contributed by atoms with Crippen molar-refractivity contribution in [2.24, 2.45) is 0 Å². The van der Waals surface area contributed by atoms with Crippen molar-refractivity contribution in [2.45, 2.75) is 29.2 Å². The third-order valence-electron chi connectivity index (χ3n) is 3.72. The van der Waals surface area contributed by atoms with E-state index in [1.807, 2.05) is 30.3 Å². The van der Waals surface area contributed by atoms with Crippen LogP contribution in [0.4, 0.5) is 0 Å². The molecule has 1 aliphatic rings. The summed E-state index contributed by atoms with van der Waals surface area (Å²) < 4.78 is 6.79. The Hall–Kier alpha value is -2.34. The molecule has 1 aliphatic carbocycles. The minimum absolute atomic E-state index is 0.259. The van der Waals surface area contributed by atoms with Crippen LogP contribution in [0.15, 0.2) is 40.3 Å². The van der Waals surface area contributed by atoms with E-state index in [1.54, 1.807) is 11.7 Å². The fraction of sp³-hybridized carbons (Fsp3) is 0.235. The van der Waals surface area contributed by atoms with Crippen molar-refractivity contribution in [1.82, 2.24) is 9.55 Å². The second-order valence-electron chi connectivity index (χ2n) is 5.17. The van der Waals surface area contributed by atoms with Crippen molar-refractivity contribution >= 4 is 24.2 Å². The smallest absolute Gasteiger partial charge is 0.163 e. The van der Waals surface area contributed by atoms with Gasteiger partial charge >= 0.3 is 0 Å². The molecule has 0 radical (unpaired) electrons. The fourth-order valence-corrected chi connectivity index (χ4v) is 3.36. The largest absolute Gasteiger partial charge is 0.497 e. The highest BCUT2D eigenvalue weighted by atomic mass is 32.2. The number of ether oxygens (including phenoxy) is 1. The van der Waals surface area contributed by atoms with E-state index in [2.05, 4.69) is 11.1 Å². The number of allylic oxidation sites excluding steroid dienone is 1. The number of methoxy groups -OCH3 is 1. The number of fused-ring (bicyclic) bond motifs is 1. The molecule has 1 heterocycles. The van der Waals surface area contributed by atoms with Crippen LogP contribution in [0, 0.1) is 10.8 Å². The second-order valence-corrected chi connectivity index (χ2v) is 6.23. The lowest BCUT2D eigenvalue weighted by Crippen LogP contribution is -2.27. The van der Waals surface area contributed by atoms with E-state index < -0.39 is 0 Å². The summed E-state index contributed by atoms with van der Waals surface area (Å²) in [6, 6.07) is 7.67. The number of rotatable bonds is 4. The summed E-state index contributed by atoms with van der Waals surface area (Å²) in [5, 5.41) is 16.6. The molecule has 0 saturated heterocycles. The lowest BCUT2D eigenvalue weighted by atomic mass is 10.2. The monoisotopic (exact) mass is 326 g/mol. The zero-order valence-corrected chi connectivity index (χ0v) is 13.7. The summed E-state index contributed by atoms with van der Waals surface area (Å²) in [7, 11) is 1.64. The topological polar surface area (TPSA) is 74.8 Å². The third-order valence-corrected chi connectivity index (χ3v) is 4.70. The molecule has 5 nitrogen and oxygen atoms in total. The van der Waals surface area contributed by atoms with Gasteiger partial charge in [0.2, 0.25) is 0 Å². The first-order valence-corrected chi connectivity index (χ1v) is 8.23. The average Bonchev–Trinajstić information content (AvgIpc) is 2.81. The number of aromatic nitrogens is 2. The molecule has 0 aliphatic heterocycles. The van der Waals surface area contributed by atoms with Gasteiger partial charge in [-0.3, -0.25) is 15.4 Å². The minimum atomic E-state index is 0.259. The summed E-state index contributed by atoms with van der Waals surface area (Å²) in [6.07, 6.45) is 8.18.